The number of nitrogens with one attached hydrogen (secondary N) is 2. The molecule has 0 spiro atoms. The van der Waals surface area contributed by atoms with Gasteiger partial charge in [0.05, 0.1) is 11.7 Å². The van der Waals surface area contributed by atoms with Gasteiger partial charge in [0.1, 0.15) is 5.69 Å². The number of hydrogen-bond acceptors (Lipinski definition) is 2. The minimum Gasteiger partial charge on any atom is -0.340 e. The number of benzene rings is 2. The van der Waals surface area contributed by atoms with Gasteiger partial charge in [-0.2, -0.15) is 5.10 Å². The van der Waals surface area contributed by atoms with Crippen molar-refractivity contribution < 1.29 is 4.79 Å². The predicted molar refractivity (Wildman–Crippen MR) is 89.5 cm³/mol. The molecule has 0 saturated carbocycles. The van der Waals surface area contributed by atoms with Gasteiger partial charge < -0.3 is 5.32 Å². The molecule has 0 fully saturated rings. The third-order valence-electron chi connectivity index (χ3n) is 4.14. The third kappa shape index (κ3) is 2.23. The van der Waals surface area contributed by atoms with Crippen LogP contribution in [0.5, 0.6) is 0 Å². The first-order valence-corrected chi connectivity index (χ1v) is 7.73. The van der Waals surface area contributed by atoms with Crippen molar-refractivity contribution in [3.8, 4) is 11.3 Å². The van der Waals surface area contributed by atoms with E-state index >= 15 is 0 Å². The number of aromatic amines is 1. The van der Waals surface area contributed by atoms with Gasteiger partial charge >= 0.3 is 0 Å². The highest BCUT2D eigenvalue weighted by atomic mass is 35.5. The first-order valence-electron chi connectivity index (χ1n) is 7.36. The van der Waals surface area contributed by atoms with Gasteiger partial charge in [-0.1, -0.05) is 59.6 Å². The van der Waals surface area contributed by atoms with Gasteiger partial charge in [-0.05, 0) is 18.6 Å². The van der Waals surface area contributed by atoms with Crippen molar-refractivity contribution in [1.29, 1.82) is 0 Å². The van der Waals surface area contributed by atoms with Gasteiger partial charge in [0.15, 0.2) is 0 Å². The molecule has 0 bridgehead atoms. The molecule has 1 aromatic heterocycles. The Morgan fingerprint density at radius 2 is 1.83 bits per heavy atom. The van der Waals surface area contributed by atoms with Gasteiger partial charge in [-0.3, -0.25) is 9.89 Å². The lowest BCUT2D eigenvalue weighted by Crippen LogP contribution is -2.21. The number of halogens is 1. The second kappa shape index (κ2) is 5.25. The quantitative estimate of drug-likeness (QED) is 0.752. The Bertz CT molecular complexity index is 899. The number of H-pyrrole nitrogens is 1. The number of rotatable bonds is 2. The maximum Gasteiger partial charge on any atom is 0.270 e. The number of aromatic nitrogens is 2. The normalized spacial score (nSPS) is 16.3. The van der Waals surface area contributed by atoms with Crippen LogP contribution in [0.1, 0.15) is 33.2 Å². The van der Waals surface area contributed by atoms with Gasteiger partial charge in [0, 0.05) is 16.1 Å². The average Bonchev–Trinajstić information content (AvgIpc) is 3.11. The molecule has 3 aromatic rings. The molecule has 1 amide bonds. The second-order valence-electron chi connectivity index (χ2n) is 5.65. The SMILES string of the molecule is Cc1ccc(-c2n[nH]c3c2[C@H](c2ccccc2Cl)NC3=O)cc1. The first kappa shape index (κ1) is 14.0. The maximum atomic E-state index is 12.2. The average molecular weight is 324 g/mol. The van der Waals surface area contributed by atoms with E-state index in [1.165, 1.54) is 5.56 Å². The number of aryl methyl sites for hydroxylation is 1. The molecule has 1 aliphatic rings. The summed E-state index contributed by atoms with van der Waals surface area (Å²) < 4.78 is 0. The maximum absolute atomic E-state index is 12.2. The summed E-state index contributed by atoms with van der Waals surface area (Å²) in [6.45, 7) is 2.04. The van der Waals surface area contributed by atoms with Crippen LogP contribution in [0.3, 0.4) is 0 Å². The van der Waals surface area contributed by atoms with E-state index in [4.69, 9.17) is 11.6 Å². The lowest BCUT2D eigenvalue weighted by molar-refractivity contribution is 0.0955. The fourth-order valence-corrected chi connectivity index (χ4v) is 3.20. The molecule has 0 unspecified atom stereocenters. The summed E-state index contributed by atoms with van der Waals surface area (Å²) in [4.78, 5) is 12.2. The van der Waals surface area contributed by atoms with Crippen molar-refractivity contribution in [2.45, 2.75) is 13.0 Å². The minimum atomic E-state index is -0.291. The highest BCUT2D eigenvalue weighted by Crippen LogP contribution is 2.39. The van der Waals surface area contributed by atoms with Crippen LogP contribution in [0, 0.1) is 6.92 Å². The van der Waals surface area contributed by atoms with Crippen molar-refractivity contribution >= 4 is 17.5 Å². The largest absolute Gasteiger partial charge is 0.340 e. The van der Waals surface area contributed by atoms with Crippen LogP contribution in [0.15, 0.2) is 48.5 Å². The number of amides is 1. The van der Waals surface area contributed by atoms with E-state index in [0.29, 0.717) is 10.7 Å². The van der Waals surface area contributed by atoms with Gasteiger partial charge in [0.25, 0.3) is 5.91 Å². The smallest absolute Gasteiger partial charge is 0.270 e. The Kier molecular flexibility index (Phi) is 3.20. The van der Waals surface area contributed by atoms with E-state index in [1.54, 1.807) is 0 Å². The summed E-state index contributed by atoms with van der Waals surface area (Å²) in [5, 5.41) is 10.8. The zero-order valence-corrected chi connectivity index (χ0v) is 13.2. The van der Waals surface area contributed by atoms with Crippen LogP contribution >= 0.6 is 11.6 Å². The molecular formula is C18H14ClN3O. The molecule has 1 aliphatic heterocycles. The molecule has 4 rings (SSSR count). The van der Waals surface area contributed by atoms with Crippen LogP contribution in [0.2, 0.25) is 5.02 Å². The van der Waals surface area contributed by atoms with Crippen LogP contribution < -0.4 is 5.32 Å². The zero-order chi connectivity index (χ0) is 16.0. The van der Waals surface area contributed by atoms with Crippen molar-refractivity contribution in [2.75, 3.05) is 0 Å². The predicted octanol–water partition coefficient (Wildman–Crippen LogP) is 3.87. The fourth-order valence-electron chi connectivity index (χ4n) is 2.95. The molecule has 0 aliphatic carbocycles. The van der Waals surface area contributed by atoms with E-state index in [0.717, 1.165) is 22.4 Å². The lowest BCUT2D eigenvalue weighted by atomic mass is 9.96. The van der Waals surface area contributed by atoms with Crippen molar-refractivity contribution in [1.82, 2.24) is 15.5 Å². The molecule has 2 N–H and O–H groups in total. The number of carbonyl (C=O) groups excluding carboxylic acids is 1. The van der Waals surface area contributed by atoms with Crippen molar-refractivity contribution in [2.24, 2.45) is 0 Å². The van der Waals surface area contributed by atoms with Crippen LogP contribution in [0.4, 0.5) is 0 Å². The Morgan fingerprint density at radius 1 is 1.09 bits per heavy atom. The van der Waals surface area contributed by atoms with Crippen molar-refractivity contribution in [3.05, 3.63) is 75.9 Å². The molecule has 0 saturated heterocycles. The second-order valence-corrected chi connectivity index (χ2v) is 6.06. The summed E-state index contributed by atoms with van der Waals surface area (Å²) >= 11 is 6.32. The van der Waals surface area contributed by atoms with E-state index in [2.05, 4.69) is 15.5 Å². The first-order chi connectivity index (χ1) is 11.1. The molecule has 1 atom stereocenters. The summed E-state index contributed by atoms with van der Waals surface area (Å²) in [6, 6.07) is 15.3. The highest BCUT2D eigenvalue weighted by Gasteiger charge is 2.36. The Morgan fingerprint density at radius 3 is 2.57 bits per heavy atom. The third-order valence-corrected chi connectivity index (χ3v) is 4.48. The molecule has 23 heavy (non-hydrogen) atoms. The van der Waals surface area contributed by atoms with Gasteiger partial charge in [-0.15, -0.1) is 0 Å². The van der Waals surface area contributed by atoms with E-state index in [1.807, 2.05) is 55.5 Å². The van der Waals surface area contributed by atoms with Crippen LogP contribution in [-0.2, 0) is 0 Å². The Hall–Kier alpha value is -2.59. The van der Waals surface area contributed by atoms with E-state index < -0.39 is 0 Å². The summed E-state index contributed by atoms with van der Waals surface area (Å²) in [6.07, 6.45) is 0. The zero-order valence-electron chi connectivity index (χ0n) is 12.4. The number of fused-ring (bicyclic) bond motifs is 1. The minimum absolute atomic E-state index is 0.157. The van der Waals surface area contributed by atoms with Crippen molar-refractivity contribution in [3.63, 3.8) is 0 Å². The number of hydrogen-bond donors (Lipinski definition) is 2. The molecule has 4 nitrogen and oxygen atoms in total. The molecule has 0 radical (unpaired) electrons. The highest BCUT2D eigenvalue weighted by molar-refractivity contribution is 6.31. The Labute approximate surface area is 138 Å². The summed E-state index contributed by atoms with van der Waals surface area (Å²) in [5.74, 6) is -0.157. The molecule has 114 valence electrons. The number of carbonyl (C=O) groups is 1. The standard InChI is InChI=1S/C18H14ClN3O/c1-10-6-8-11(9-7-10)15-14-16(12-4-2-3-5-13(12)19)20-18(23)17(14)22-21-15/h2-9,16H,1H3,(H,20,23)(H,21,22)/t16-/m0/s1. The molecule has 2 aromatic carbocycles. The Balaban J connectivity index is 1.88. The van der Waals surface area contributed by atoms with Gasteiger partial charge in [-0.25, -0.2) is 0 Å². The summed E-state index contributed by atoms with van der Waals surface area (Å²) in [7, 11) is 0. The van der Waals surface area contributed by atoms with E-state index in [9.17, 15) is 4.79 Å². The molecular weight excluding hydrogens is 310 g/mol. The topological polar surface area (TPSA) is 57.8 Å². The van der Waals surface area contributed by atoms with Crippen LogP contribution in [0.25, 0.3) is 11.3 Å². The fraction of sp³-hybridized carbons (Fsp3) is 0.111. The number of nitrogens with zero attached hydrogens (tertiary/aromatic N) is 1. The van der Waals surface area contributed by atoms with Crippen LogP contribution in [-0.4, -0.2) is 16.1 Å². The molecule has 2 heterocycles. The van der Waals surface area contributed by atoms with E-state index in [-0.39, 0.29) is 11.9 Å². The van der Waals surface area contributed by atoms with Gasteiger partial charge in [0.2, 0.25) is 0 Å². The summed E-state index contributed by atoms with van der Waals surface area (Å²) in [5.41, 5.74) is 5.16. The lowest BCUT2D eigenvalue weighted by Gasteiger charge is -2.14. The monoisotopic (exact) mass is 323 g/mol. The molecule has 5 heteroatoms.